The lowest BCUT2D eigenvalue weighted by molar-refractivity contribution is 0.153. The van der Waals surface area contributed by atoms with Crippen LogP contribution in [-0.2, 0) is 11.2 Å². The lowest BCUT2D eigenvalue weighted by Crippen LogP contribution is -2.31. The van der Waals surface area contributed by atoms with E-state index in [2.05, 4.69) is 23.7 Å². The van der Waals surface area contributed by atoms with Gasteiger partial charge in [-0.15, -0.1) is 11.3 Å². The third-order valence-electron chi connectivity index (χ3n) is 5.08. The molecule has 0 radical (unpaired) electrons. The molecule has 0 saturated heterocycles. The highest BCUT2D eigenvalue weighted by Crippen LogP contribution is 2.43. The van der Waals surface area contributed by atoms with Crippen LogP contribution in [0.1, 0.15) is 55.4 Å². The first-order valence-electron chi connectivity index (χ1n) is 8.48. The van der Waals surface area contributed by atoms with Crippen molar-refractivity contribution in [3.05, 3.63) is 21.9 Å². The zero-order valence-corrected chi connectivity index (χ0v) is 14.6. The smallest absolute Gasteiger partial charge is 0.0587 e. The van der Waals surface area contributed by atoms with E-state index in [0.717, 1.165) is 19.7 Å². The molecule has 2 rings (SSSR count). The minimum atomic E-state index is 0.592. The normalized spacial score (nSPS) is 18.0. The monoisotopic (exact) mass is 309 g/mol. The van der Waals surface area contributed by atoms with Crippen LogP contribution < -0.4 is 5.32 Å². The van der Waals surface area contributed by atoms with Crippen molar-refractivity contribution in [1.82, 2.24) is 5.32 Å². The Bertz CT molecular complexity index is 396. The molecule has 21 heavy (non-hydrogen) atoms. The van der Waals surface area contributed by atoms with Gasteiger partial charge < -0.3 is 10.1 Å². The Kier molecular flexibility index (Phi) is 7.21. The van der Waals surface area contributed by atoms with Gasteiger partial charge in [0, 0.05) is 18.5 Å². The van der Waals surface area contributed by atoms with Crippen molar-refractivity contribution in [2.75, 3.05) is 26.8 Å². The maximum absolute atomic E-state index is 5.11. The van der Waals surface area contributed by atoms with Gasteiger partial charge in [-0.25, -0.2) is 0 Å². The summed E-state index contributed by atoms with van der Waals surface area (Å²) in [5, 5.41) is 5.78. The van der Waals surface area contributed by atoms with E-state index in [1.54, 1.807) is 12.0 Å². The van der Waals surface area contributed by atoms with Crippen molar-refractivity contribution < 1.29 is 4.74 Å². The molecule has 1 aromatic heterocycles. The molecule has 120 valence electrons. The fourth-order valence-corrected chi connectivity index (χ4v) is 4.53. The van der Waals surface area contributed by atoms with Crippen molar-refractivity contribution in [2.24, 2.45) is 5.41 Å². The van der Waals surface area contributed by atoms with Crippen LogP contribution in [0.2, 0.25) is 0 Å². The van der Waals surface area contributed by atoms with Crippen LogP contribution in [0.15, 0.2) is 11.4 Å². The predicted octanol–water partition coefficient (Wildman–Crippen LogP) is 4.57. The summed E-state index contributed by atoms with van der Waals surface area (Å²) in [6.45, 7) is 5.20. The second-order valence-corrected chi connectivity index (χ2v) is 7.58. The van der Waals surface area contributed by atoms with Gasteiger partial charge in [-0.1, -0.05) is 19.3 Å². The summed E-state index contributed by atoms with van der Waals surface area (Å²) in [6, 6.07) is 2.26. The molecule has 1 aromatic rings. The average Bonchev–Trinajstić information content (AvgIpc) is 2.92. The largest absolute Gasteiger partial charge is 0.383 e. The zero-order valence-electron chi connectivity index (χ0n) is 13.7. The minimum Gasteiger partial charge on any atom is -0.383 e. The molecular formula is C18H31NOS. The highest BCUT2D eigenvalue weighted by molar-refractivity contribution is 7.10. The molecule has 0 atom stereocenters. The highest BCUT2D eigenvalue weighted by atomic mass is 32.1. The summed E-state index contributed by atoms with van der Waals surface area (Å²) in [5.74, 6) is 0. The fraction of sp³-hybridized carbons (Fsp3) is 0.778. The van der Waals surface area contributed by atoms with Crippen LogP contribution in [0.3, 0.4) is 0 Å². The lowest BCUT2D eigenvalue weighted by atomic mass is 9.69. The van der Waals surface area contributed by atoms with Crippen molar-refractivity contribution in [3.8, 4) is 0 Å². The van der Waals surface area contributed by atoms with E-state index >= 15 is 0 Å². The van der Waals surface area contributed by atoms with Gasteiger partial charge >= 0.3 is 0 Å². The first-order chi connectivity index (χ1) is 10.3. The molecular weight excluding hydrogens is 278 g/mol. The van der Waals surface area contributed by atoms with Gasteiger partial charge in [0.2, 0.25) is 0 Å². The molecule has 1 N–H and O–H groups in total. The molecule has 1 saturated carbocycles. The Hall–Kier alpha value is -0.380. The number of rotatable bonds is 9. The molecule has 0 bridgehead atoms. The Balaban J connectivity index is 1.82. The molecule has 0 spiro atoms. The highest BCUT2D eigenvalue weighted by Gasteiger charge is 2.31. The maximum Gasteiger partial charge on any atom is 0.0587 e. The molecule has 0 aliphatic heterocycles. The Morgan fingerprint density at radius 3 is 2.67 bits per heavy atom. The van der Waals surface area contributed by atoms with E-state index < -0.39 is 0 Å². The van der Waals surface area contributed by atoms with E-state index in [4.69, 9.17) is 4.74 Å². The van der Waals surface area contributed by atoms with E-state index in [0.29, 0.717) is 5.41 Å². The van der Waals surface area contributed by atoms with E-state index in [-0.39, 0.29) is 0 Å². The minimum absolute atomic E-state index is 0.592. The van der Waals surface area contributed by atoms with Crippen LogP contribution in [0.5, 0.6) is 0 Å². The van der Waals surface area contributed by atoms with Crippen LogP contribution in [0.25, 0.3) is 0 Å². The van der Waals surface area contributed by atoms with E-state index in [9.17, 15) is 0 Å². The number of aryl methyl sites for hydroxylation is 2. The molecule has 1 aliphatic rings. The SMILES string of the molecule is COCCNCCC1(CCc2sccc2C)CCCCC1. The number of methoxy groups -OCH3 is 1. The number of hydrogen-bond donors (Lipinski definition) is 1. The zero-order chi connectivity index (χ0) is 15.0. The third-order valence-corrected chi connectivity index (χ3v) is 6.16. The number of thiophene rings is 1. The van der Waals surface area contributed by atoms with Crippen molar-refractivity contribution in [3.63, 3.8) is 0 Å². The fourth-order valence-electron chi connectivity index (χ4n) is 3.62. The molecule has 1 aliphatic carbocycles. The van der Waals surface area contributed by atoms with Gasteiger partial charge in [-0.3, -0.25) is 0 Å². The third kappa shape index (κ3) is 5.39. The van der Waals surface area contributed by atoms with Crippen LogP contribution in [0, 0.1) is 12.3 Å². The molecule has 3 heteroatoms. The van der Waals surface area contributed by atoms with E-state index in [1.807, 2.05) is 11.3 Å². The maximum atomic E-state index is 5.11. The van der Waals surface area contributed by atoms with Gasteiger partial charge in [0.05, 0.1) is 6.61 Å². The van der Waals surface area contributed by atoms with Crippen molar-refractivity contribution >= 4 is 11.3 Å². The van der Waals surface area contributed by atoms with Crippen LogP contribution >= 0.6 is 11.3 Å². The molecule has 2 nitrogen and oxygen atoms in total. The lowest BCUT2D eigenvalue weighted by Gasteiger charge is -2.38. The first kappa shape index (κ1) is 17.0. The van der Waals surface area contributed by atoms with Gasteiger partial charge in [0.15, 0.2) is 0 Å². The second kappa shape index (κ2) is 8.92. The van der Waals surface area contributed by atoms with Crippen LogP contribution in [-0.4, -0.2) is 26.8 Å². The molecule has 1 fully saturated rings. The molecule has 0 amide bonds. The van der Waals surface area contributed by atoms with E-state index in [1.165, 1.54) is 56.9 Å². The van der Waals surface area contributed by atoms with Crippen molar-refractivity contribution in [1.29, 1.82) is 0 Å². The quantitative estimate of drug-likeness (QED) is 0.675. The van der Waals surface area contributed by atoms with Gasteiger partial charge in [0.1, 0.15) is 0 Å². The standard InChI is InChI=1S/C18H31NOS/c1-16-7-15-21-17(16)6-10-18(8-4-3-5-9-18)11-12-19-13-14-20-2/h7,15,19H,3-6,8-14H2,1-2H3. The Morgan fingerprint density at radius 1 is 1.19 bits per heavy atom. The number of nitrogens with one attached hydrogen (secondary N) is 1. The number of hydrogen-bond acceptors (Lipinski definition) is 3. The average molecular weight is 310 g/mol. The molecule has 1 heterocycles. The topological polar surface area (TPSA) is 21.3 Å². The summed E-state index contributed by atoms with van der Waals surface area (Å²) in [4.78, 5) is 1.60. The molecule has 0 aromatic carbocycles. The number of ether oxygens (including phenoxy) is 1. The summed E-state index contributed by atoms with van der Waals surface area (Å²) in [5.41, 5.74) is 2.08. The van der Waals surface area contributed by atoms with Gasteiger partial charge in [-0.2, -0.15) is 0 Å². The second-order valence-electron chi connectivity index (χ2n) is 6.58. The summed E-state index contributed by atoms with van der Waals surface area (Å²) < 4.78 is 5.11. The predicted molar refractivity (Wildman–Crippen MR) is 92.3 cm³/mol. The van der Waals surface area contributed by atoms with Crippen molar-refractivity contribution in [2.45, 2.75) is 58.3 Å². The molecule has 0 unspecified atom stereocenters. The summed E-state index contributed by atoms with van der Waals surface area (Å²) in [7, 11) is 1.77. The van der Waals surface area contributed by atoms with Crippen LogP contribution in [0.4, 0.5) is 0 Å². The summed E-state index contributed by atoms with van der Waals surface area (Å²) >= 11 is 1.94. The Morgan fingerprint density at radius 2 is 2.00 bits per heavy atom. The first-order valence-corrected chi connectivity index (χ1v) is 9.36. The van der Waals surface area contributed by atoms with Gasteiger partial charge in [0.25, 0.3) is 0 Å². The Labute approximate surface area is 134 Å². The van der Waals surface area contributed by atoms with Gasteiger partial charge in [-0.05, 0) is 68.0 Å². The summed E-state index contributed by atoms with van der Waals surface area (Å²) in [6.07, 6.45) is 11.2.